The average molecular weight is 338 g/mol. The van der Waals surface area contributed by atoms with Gasteiger partial charge in [0.1, 0.15) is 0 Å². The molecule has 0 radical (unpaired) electrons. The molecule has 24 heavy (non-hydrogen) atoms. The summed E-state index contributed by atoms with van der Waals surface area (Å²) in [6, 6.07) is 15.6. The lowest BCUT2D eigenvalue weighted by Crippen LogP contribution is -2.09. The third-order valence-corrected chi connectivity index (χ3v) is 4.30. The minimum Gasteiger partial charge on any atom is -0.294 e. The zero-order valence-corrected chi connectivity index (χ0v) is 14.9. The maximum Gasteiger partial charge on any atom is 0.165 e. The summed E-state index contributed by atoms with van der Waals surface area (Å²) in [5, 5.41) is 1.57. The Hall–Kier alpha value is -2.19. The first kappa shape index (κ1) is 16.7. The summed E-state index contributed by atoms with van der Waals surface area (Å²) in [7, 11) is 0. The Balaban J connectivity index is 2.37. The second-order valence-corrected chi connectivity index (χ2v) is 6.93. The van der Waals surface area contributed by atoms with Crippen molar-refractivity contribution in [2.24, 2.45) is 5.92 Å². The van der Waals surface area contributed by atoms with E-state index in [9.17, 15) is 4.79 Å². The lowest BCUT2D eigenvalue weighted by Gasteiger charge is -2.16. The van der Waals surface area contributed by atoms with Gasteiger partial charge in [-0.25, -0.2) is 0 Å². The van der Waals surface area contributed by atoms with Gasteiger partial charge in [-0.3, -0.25) is 9.78 Å². The van der Waals surface area contributed by atoms with Gasteiger partial charge in [-0.2, -0.15) is 0 Å². The molecule has 0 unspecified atom stereocenters. The number of nitrogens with zero attached hydrogens (tertiary/aromatic N) is 1. The van der Waals surface area contributed by atoms with E-state index < -0.39 is 0 Å². The summed E-state index contributed by atoms with van der Waals surface area (Å²) in [6.45, 7) is 6.02. The summed E-state index contributed by atoms with van der Waals surface area (Å²) < 4.78 is 0. The number of hydrogen-bond donors (Lipinski definition) is 0. The lowest BCUT2D eigenvalue weighted by atomic mass is 9.89. The predicted molar refractivity (Wildman–Crippen MR) is 101 cm³/mol. The van der Waals surface area contributed by atoms with Crippen molar-refractivity contribution < 1.29 is 4.79 Å². The van der Waals surface area contributed by atoms with Crippen molar-refractivity contribution >= 4 is 28.3 Å². The van der Waals surface area contributed by atoms with Crippen molar-refractivity contribution in [2.45, 2.75) is 27.2 Å². The molecule has 1 aromatic heterocycles. The molecule has 3 aromatic rings. The van der Waals surface area contributed by atoms with Crippen LogP contribution in [-0.2, 0) is 0 Å². The maximum atomic E-state index is 12.9. The number of carbonyl (C=O) groups excluding carboxylic acids is 1. The molecule has 0 aliphatic heterocycles. The smallest absolute Gasteiger partial charge is 0.165 e. The van der Waals surface area contributed by atoms with Gasteiger partial charge in [0.2, 0.25) is 0 Å². The Morgan fingerprint density at radius 3 is 2.50 bits per heavy atom. The Bertz CT molecular complexity index is 901. The highest BCUT2D eigenvalue weighted by molar-refractivity contribution is 6.31. The highest BCUT2D eigenvalue weighted by atomic mass is 35.5. The molecular formula is C21H20ClNO. The Kier molecular flexibility index (Phi) is 4.68. The Morgan fingerprint density at radius 2 is 1.83 bits per heavy atom. The van der Waals surface area contributed by atoms with Gasteiger partial charge in [0.15, 0.2) is 5.78 Å². The molecule has 0 fully saturated rings. The molecule has 122 valence electrons. The van der Waals surface area contributed by atoms with Crippen molar-refractivity contribution in [2.75, 3.05) is 0 Å². The molecule has 0 saturated carbocycles. The van der Waals surface area contributed by atoms with Crippen LogP contribution in [0.3, 0.4) is 0 Å². The zero-order chi connectivity index (χ0) is 17.3. The van der Waals surface area contributed by atoms with E-state index in [1.165, 1.54) is 0 Å². The van der Waals surface area contributed by atoms with Crippen LogP contribution in [-0.4, -0.2) is 10.8 Å². The number of Topliss-reactive ketones (excluding diaryl/α,β-unsaturated/α-hetero) is 1. The fraction of sp³-hybridized carbons (Fsp3) is 0.238. The van der Waals surface area contributed by atoms with E-state index in [-0.39, 0.29) is 5.78 Å². The molecule has 0 bridgehead atoms. The monoisotopic (exact) mass is 337 g/mol. The minimum absolute atomic E-state index is 0.135. The van der Waals surface area contributed by atoms with Crippen molar-refractivity contribution in [3.63, 3.8) is 0 Å². The van der Waals surface area contributed by atoms with Crippen LogP contribution in [0.4, 0.5) is 0 Å². The van der Waals surface area contributed by atoms with Gasteiger partial charge >= 0.3 is 0 Å². The molecule has 1 heterocycles. The number of aromatic nitrogens is 1. The molecule has 0 aliphatic rings. The first-order valence-corrected chi connectivity index (χ1v) is 8.53. The van der Waals surface area contributed by atoms with Crippen molar-refractivity contribution in [1.29, 1.82) is 0 Å². The zero-order valence-electron chi connectivity index (χ0n) is 14.1. The van der Waals surface area contributed by atoms with Gasteiger partial charge in [-0.05, 0) is 36.6 Å². The molecule has 0 amide bonds. The van der Waals surface area contributed by atoms with E-state index in [1.54, 1.807) is 0 Å². The van der Waals surface area contributed by atoms with E-state index in [2.05, 4.69) is 18.8 Å². The summed E-state index contributed by atoms with van der Waals surface area (Å²) in [4.78, 5) is 17.6. The molecule has 3 heteroatoms. The van der Waals surface area contributed by atoms with Gasteiger partial charge in [-0.15, -0.1) is 0 Å². The SMILES string of the molecule is Cc1nc2ccc(Cl)cc2c(-c2ccccc2)c1C(=O)CC(C)C. The minimum atomic E-state index is 0.135. The summed E-state index contributed by atoms with van der Waals surface area (Å²) >= 11 is 6.22. The molecule has 0 spiro atoms. The Labute approximate surface area is 147 Å². The van der Waals surface area contributed by atoms with E-state index in [1.807, 2.05) is 55.5 Å². The largest absolute Gasteiger partial charge is 0.294 e. The number of fused-ring (bicyclic) bond motifs is 1. The Morgan fingerprint density at radius 1 is 1.12 bits per heavy atom. The molecule has 2 aromatic carbocycles. The highest BCUT2D eigenvalue weighted by Crippen LogP contribution is 2.35. The van der Waals surface area contributed by atoms with Gasteiger partial charge in [0.25, 0.3) is 0 Å². The van der Waals surface area contributed by atoms with E-state index >= 15 is 0 Å². The summed E-state index contributed by atoms with van der Waals surface area (Å²) in [5.41, 5.74) is 4.30. The van der Waals surface area contributed by atoms with Crippen LogP contribution in [0.5, 0.6) is 0 Å². The number of benzene rings is 2. The number of halogens is 1. The molecule has 0 atom stereocenters. The van der Waals surface area contributed by atoms with Crippen LogP contribution in [0, 0.1) is 12.8 Å². The van der Waals surface area contributed by atoms with Gasteiger partial charge in [-0.1, -0.05) is 55.8 Å². The predicted octanol–water partition coefficient (Wildman–Crippen LogP) is 6.09. The fourth-order valence-electron chi connectivity index (χ4n) is 3.08. The molecule has 0 aliphatic carbocycles. The second-order valence-electron chi connectivity index (χ2n) is 6.50. The van der Waals surface area contributed by atoms with Crippen molar-refractivity contribution in [3.8, 4) is 11.1 Å². The molecule has 2 nitrogen and oxygen atoms in total. The highest BCUT2D eigenvalue weighted by Gasteiger charge is 2.21. The van der Waals surface area contributed by atoms with Gasteiger partial charge in [0.05, 0.1) is 5.52 Å². The van der Waals surface area contributed by atoms with Crippen LogP contribution >= 0.6 is 11.6 Å². The number of ketones is 1. The number of rotatable bonds is 4. The normalized spacial score (nSPS) is 11.2. The first-order chi connectivity index (χ1) is 11.5. The van der Waals surface area contributed by atoms with E-state index in [0.29, 0.717) is 22.9 Å². The van der Waals surface area contributed by atoms with Crippen LogP contribution in [0.2, 0.25) is 5.02 Å². The second kappa shape index (κ2) is 6.74. The van der Waals surface area contributed by atoms with Crippen LogP contribution in [0.1, 0.15) is 36.3 Å². The molecule has 0 N–H and O–H groups in total. The third kappa shape index (κ3) is 3.20. The number of carbonyl (C=O) groups is 1. The van der Waals surface area contributed by atoms with Crippen LogP contribution in [0.25, 0.3) is 22.0 Å². The van der Waals surface area contributed by atoms with E-state index in [0.717, 1.165) is 27.7 Å². The number of pyridine rings is 1. The first-order valence-electron chi connectivity index (χ1n) is 8.16. The lowest BCUT2D eigenvalue weighted by molar-refractivity contribution is 0.0967. The summed E-state index contributed by atoms with van der Waals surface area (Å²) in [5.74, 6) is 0.436. The van der Waals surface area contributed by atoms with Crippen LogP contribution in [0.15, 0.2) is 48.5 Å². The van der Waals surface area contributed by atoms with Gasteiger partial charge < -0.3 is 0 Å². The fourth-order valence-corrected chi connectivity index (χ4v) is 3.25. The molecule has 0 saturated heterocycles. The molecule has 3 rings (SSSR count). The quantitative estimate of drug-likeness (QED) is 0.539. The third-order valence-electron chi connectivity index (χ3n) is 4.06. The van der Waals surface area contributed by atoms with E-state index in [4.69, 9.17) is 11.6 Å². The maximum absolute atomic E-state index is 12.9. The molecular weight excluding hydrogens is 318 g/mol. The summed E-state index contributed by atoms with van der Waals surface area (Å²) in [6.07, 6.45) is 0.508. The van der Waals surface area contributed by atoms with Crippen molar-refractivity contribution in [3.05, 3.63) is 64.8 Å². The number of aryl methyl sites for hydroxylation is 1. The topological polar surface area (TPSA) is 30.0 Å². The standard InChI is InChI=1S/C21H20ClNO/c1-13(2)11-19(24)20-14(3)23-18-10-9-16(22)12-17(18)21(20)15-7-5-4-6-8-15/h4-10,12-13H,11H2,1-3H3. The number of hydrogen-bond acceptors (Lipinski definition) is 2. The van der Waals surface area contributed by atoms with Gasteiger partial charge in [0, 0.05) is 33.7 Å². The average Bonchev–Trinajstić information content (AvgIpc) is 2.54. The van der Waals surface area contributed by atoms with Crippen molar-refractivity contribution in [1.82, 2.24) is 4.98 Å². The van der Waals surface area contributed by atoms with Crippen LogP contribution < -0.4 is 0 Å².